The van der Waals surface area contributed by atoms with E-state index in [1.807, 2.05) is 0 Å². The highest BCUT2D eigenvalue weighted by Gasteiger charge is 2.36. The van der Waals surface area contributed by atoms with Gasteiger partial charge in [-0.2, -0.15) is 0 Å². The fourth-order valence-corrected chi connectivity index (χ4v) is 4.38. The first-order valence-corrected chi connectivity index (χ1v) is 7.89. The van der Waals surface area contributed by atoms with Crippen LogP contribution in [0.3, 0.4) is 0 Å². The highest BCUT2D eigenvalue weighted by atomic mass is 32.9. The van der Waals surface area contributed by atoms with Crippen molar-refractivity contribution in [2.45, 2.75) is 52.4 Å². The van der Waals surface area contributed by atoms with Crippen LogP contribution in [0.25, 0.3) is 10.6 Å². The van der Waals surface area contributed by atoms with Gasteiger partial charge in [-0.1, -0.05) is 45.7 Å². The Morgan fingerprint density at radius 2 is 1.53 bits per heavy atom. The van der Waals surface area contributed by atoms with Gasteiger partial charge in [-0.3, -0.25) is 0 Å². The third-order valence-electron chi connectivity index (χ3n) is 2.99. The predicted octanol–water partition coefficient (Wildman–Crippen LogP) is 4.14. The van der Waals surface area contributed by atoms with E-state index in [1.54, 1.807) is 10.3 Å². The van der Waals surface area contributed by atoms with Crippen LogP contribution in [0, 0.1) is 5.21 Å². The zero-order valence-electron chi connectivity index (χ0n) is 11.2. The molecule has 2 aliphatic rings. The third kappa shape index (κ3) is 2.08. The van der Waals surface area contributed by atoms with Gasteiger partial charge in [0.25, 0.3) is 5.69 Å². The minimum absolute atomic E-state index is 0.0156. The lowest BCUT2D eigenvalue weighted by Gasteiger charge is -2.18. The molecule has 0 amide bonds. The first kappa shape index (κ1) is 12.8. The summed E-state index contributed by atoms with van der Waals surface area (Å²) in [6.07, 6.45) is 0. The number of aromatic nitrogens is 1. The monoisotopic (exact) mass is 269 g/mol. The lowest BCUT2D eigenvalue weighted by molar-refractivity contribution is -0.517. The van der Waals surface area contributed by atoms with Crippen LogP contribution in [0.2, 0.25) is 0 Å². The third-order valence-corrected chi connectivity index (χ3v) is 5.09. The smallest absolute Gasteiger partial charge is 0.254 e. The van der Waals surface area contributed by atoms with Gasteiger partial charge in [0, 0.05) is 5.56 Å². The Bertz CT molecular complexity index is 511. The summed E-state index contributed by atoms with van der Waals surface area (Å²) in [4.78, 5) is 1.17. The number of hydrogen-bond acceptors (Lipinski definition) is 3. The fourth-order valence-electron chi connectivity index (χ4n) is 2.03. The number of rotatable bonds is 0. The molecule has 0 aromatic heterocycles. The van der Waals surface area contributed by atoms with E-state index < -0.39 is 0 Å². The van der Waals surface area contributed by atoms with E-state index in [-0.39, 0.29) is 10.8 Å². The maximum Gasteiger partial charge on any atom is 0.254 e. The molecular formula is C13H19NOS2. The lowest BCUT2D eigenvalue weighted by atomic mass is 9.86. The van der Waals surface area contributed by atoms with E-state index in [4.69, 9.17) is 0 Å². The van der Waals surface area contributed by atoms with Gasteiger partial charge >= 0.3 is 0 Å². The molecular weight excluding hydrogens is 250 g/mol. The van der Waals surface area contributed by atoms with Gasteiger partial charge in [0.1, 0.15) is 4.88 Å². The normalized spacial score (nSPS) is 13.5. The van der Waals surface area contributed by atoms with Gasteiger partial charge in [-0.05, 0) is 32.8 Å². The van der Waals surface area contributed by atoms with Gasteiger partial charge in [0.05, 0.1) is 0 Å². The summed E-state index contributed by atoms with van der Waals surface area (Å²) in [5.41, 5.74) is 3.46. The van der Waals surface area contributed by atoms with E-state index in [0.29, 0.717) is 0 Å². The van der Waals surface area contributed by atoms with Crippen molar-refractivity contribution in [3.05, 3.63) is 22.4 Å². The summed E-state index contributed by atoms with van der Waals surface area (Å²) >= 11 is 0. The van der Waals surface area contributed by atoms with Crippen LogP contribution in [0.4, 0.5) is 0 Å². The molecule has 1 aliphatic heterocycles. The maximum atomic E-state index is 11.9. The molecule has 0 aromatic carbocycles. The molecule has 2 rings (SSSR count). The predicted molar refractivity (Wildman–Crippen MR) is 75.2 cm³/mol. The van der Waals surface area contributed by atoms with E-state index in [0.717, 1.165) is 9.81 Å². The molecule has 1 aliphatic carbocycles. The topological polar surface area (TPSA) is 26.9 Å². The van der Waals surface area contributed by atoms with Crippen LogP contribution in [0.15, 0.2) is 6.07 Å². The van der Waals surface area contributed by atoms with Crippen molar-refractivity contribution >= 4 is 20.9 Å². The molecule has 0 saturated heterocycles. The molecule has 0 fully saturated rings. The van der Waals surface area contributed by atoms with Crippen molar-refractivity contribution in [2.75, 3.05) is 0 Å². The Hall–Kier alpha value is -0.610. The summed E-state index contributed by atoms with van der Waals surface area (Å²) in [5.74, 6) is 0. The molecule has 0 N–H and O–H groups in total. The van der Waals surface area contributed by atoms with Gasteiger partial charge in [0.2, 0.25) is 10.5 Å². The molecule has 0 atom stereocenters. The fraction of sp³-hybridized carbons (Fsp3) is 0.615. The molecule has 0 spiro atoms. The largest absolute Gasteiger partial charge is 0.605 e. The Morgan fingerprint density at radius 3 is 2.00 bits per heavy atom. The molecule has 0 radical (unpaired) electrons. The SMILES string of the molecule is CC(C)(C)c1cc(C(C)(C)C)c2[n+]([O-])ssc1-2. The summed E-state index contributed by atoms with van der Waals surface area (Å²) in [5, 5.41) is 11.9. The Labute approximate surface area is 110 Å². The van der Waals surface area contributed by atoms with Gasteiger partial charge in [0.15, 0.2) is 0 Å². The van der Waals surface area contributed by atoms with Crippen LogP contribution < -0.4 is 4.12 Å². The zero-order valence-corrected chi connectivity index (χ0v) is 12.9. The minimum Gasteiger partial charge on any atom is -0.605 e. The molecule has 0 unspecified atom stereocenters. The molecule has 94 valence electrons. The summed E-state index contributed by atoms with van der Waals surface area (Å²) in [6, 6.07) is 2.22. The van der Waals surface area contributed by atoms with E-state index >= 15 is 0 Å². The van der Waals surface area contributed by atoms with Crippen LogP contribution >= 0.6 is 20.9 Å². The van der Waals surface area contributed by atoms with Crippen molar-refractivity contribution in [1.29, 1.82) is 0 Å². The zero-order chi connectivity index (χ0) is 13.0. The average molecular weight is 269 g/mol. The van der Waals surface area contributed by atoms with Crippen molar-refractivity contribution in [3.63, 3.8) is 0 Å². The Morgan fingerprint density at radius 1 is 1.00 bits per heavy atom. The first-order chi connectivity index (χ1) is 7.62. The average Bonchev–Trinajstić information content (AvgIpc) is 2.63. The summed E-state index contributed by atoms with van der Waals surface area (Å²) in [7, 11) is 2.88. The van der Waals surface area contributed by atoms with E-state index in [1.165, 1.54) is 26.5 Å². The molecule has 1 heterocycles. The molecule has 0 aromatic rings. The van der Waals surface area contributed by atoms with Gasteiger partial charge in [-0.15, -0.1) is 0 Å². The maximum absolute atomic E-state index is 11.9. The minimum atomic E-state index is 0.0156. The van der Waals surface area contributed by atoms with Crippen molar-refractivity contribution in [1.82, 2.24) is 0 Å². The molecule has 17 heavy (non-hydrogen) atoms. The molecule has 2 nitrogen and oxygen atoms in total. The standard InChI is InChI=1S/C13H19NOS2/c1-12(2,3)8-7-9(13(4,5)6)11-10(8)14(15)17-16-11/h7H,1-6H3. The van der Waals surface area contributed by atoms with E-state index in [9.17, 15) is 5.21 Å². The molecule has 0 bridgehead atoms. The lowest BCUT2D eigenvalue weighted by Crippen LogP contribution is -2.25. The second-order valence-electron chi connectivity index (χ2n) is 6.56. The second kappa shape index (κ2) is 3.69. The highest BCUT2D eigenvalue weighted by molar-refractivity contribution is 7.66. The van der Waals surface area contributed by atoms with Crippen LogP contribution in [0.5, 0.6) is 0 Å². The van der Waals surface area contributed by atoms with E-state index in [2.05, 4.69) is 47.6 Å². The van der Waals surface area contributed by atoms with Gasteiger partial charge in [-0.25, -0.2) is 0 Å². The Balaban J connectivity index is 2.73. The highest BCUT2D eigenvalue weighted by Crippen LogP contribution is 2.45. The first-order valence-electron chi connectivity index (χ1n) is 5.79. The van der Waals surface area contributed by atoms with Crippen LogP contribution in [-0.4, -0.2) is 0 Å². The van der Waals surface area contributed by atoms with Gasteiger partial charge < -0.3 is 5.21 Å². The van der Waals surface area contributed by atoms with Crippen molar-refractivity contribution in [3.8, 4) is 10.6 Å². The summed E-state index contributed by atoms with van der Waals surface area (Å²) < 4.78 is 1.07. The summed E-state index contributed by atoms with van der Waals surface area (Å²) in [6.45, 7) is 13.1. The molecule has 4 heteroatoms. The Kier molecular flexibility index (Phi) is 2.79. The number of hydrogen-bond donors (Lipinski definition) is 0. The van der Waals surface area contributed by atoms with Crippen LogP contribution in [0.1, 0.15) is 52.7 Å². The second-order valence-corrected chi connectivity index (χ2v) is 8.57. The number of fused-ring (bicyclic) bond motifs is 1. The van der Waals surface area contributed by atoms with Crippen LogP contribution in [-0.2, 0) is 10.8 Å². The molecule has 0 saturated carbocycles. The quantitative estimate of drug-likeness (QED) is 0.401. The van der Waals surface area contributed by atoms with Crippen molar-refractivity contribution < 1.29 is 4.12 Å². The van der Waals surface area contributed by atoms with Crippen molar-refractivity contribution in [2.24, 2.45) is 0 Å². The number of nitrogens with zero attached hydrogens (tertiary/aromatic N) is 1.